The number of hydrogen-bond acceptors (Lipinski definition) is 6. The Hall–Kier alpha value is -2.77. The molecule has 1 N–H and O–H groups in total. The molecule has 0 unspecified atom stereocenters. The summed E-state index contributed by atoms with van der Waals surface area (Å²) in [5.74, 6) is 0.896. The van der Waals surface area contributed by atoms with Crippen molar-refractivity contribution < 1.29 is 4.79 Å². The quantitative estimate of drug-likeness (QED) is 0.570. The fourth-order valence-electron chi connectivity index (χ4n) is 3.82. The molecule has 32 heavy (non-hydrogen) atoms. The molecule has 1 aliphatic heterocycles. The van der Waals surface area contributed by atoms with Crippen LogP contribution in [0.1, 0.15) is 39.8 Å². The summed E-state index contributed by atoms with van der Waals surface area (Å²) in [4.78, 5) is 21.8. The molecule has 2 heterocycles. The molecule has 0 bridgehead atoms. The van der Waals surface area contributed by atoms with Gasteiger partial charge in [-0.25, -0.2) is 4.98 Å². The van der Waals surface area contributed by atoms with Crippen molar-refractivity contribution in [1.82, 2.24) is 19.6 Å². The molecule has 3 aromatic rings. The van der Waals surface area contributed by atoms with Gasteiger partial charge in [-0.2, -0.15) is 4.37 Å². The van der Waals surface area contributed by atoms with Gasteiger partial charge in [0.05, 0.1) is 0 Å². The molecule has 1 fully saturated rings. The predicted octanol–water partition coefficient (Wildman–Crippen LogP) is 3.55. The Morgan fingerprint density at radius 3 is 2.38 bits per heavy atom. The summed E-state index contributed by atoms with van der Waals surface area (Å²) in [7, 11) is 0. The first-order chi connectivity index (χ1) is 15.6. The van der Waals surface area contributed by atoms with Crippen LogP contribution in [0, 0.1) is 6.92 Å². The number of amides is 1. The maximum absolute atomic E-state index is 12.3. The number of nitrogens with zero attached hydrogens (tertiary/aromatic N) is 4. The van der Waals surface area contributed by atoms with E-state index < -0.39 is 0 Å². The van der Waals surface area contributed by atoms with Crippen LogP contribution >= 0.6 is 11.5 Å². The van der Waals surface area contributed by atoms with E-state index >= 15 is 0 Å². The molecule has 0 aliphatic carbocycles. The fourth-order valence-corrected chi connectivity index (χ4v) is 4.55. The zero-order chi connectivity index (χ0) is 22.3. The molecule has 0 spiro atoms. The van der Waals surface area contributed by atoms with Crippen LogP contribution in [0.15, 0.2) is 48.5 Å². The van der Waals surface area contributed by atoms with Gasteiger partial charge in [-0.05, 0) is 36.6 Å². The third kappa shape index (κ3) is 5.93. The highest BCUT2D eigenvalue weighted by molar-refractivity contribution is 7.09. The van der Waals surface area contributed by atoms with E-state index in [1.165, 1.54) is 28.2 Å². The summed E-state index contributed by atoms with van der Waals surface area (Å²) in [5.41, 5.74) is 4.48. The average molecular weight is 450 g/mol. The van der Waals surface area contributed by atoms with Gasteiger partial charge in [-0.15, -0.1) is 0 Å². The Morgan fingerprint density at radius 1 is 1.00 bits per heavy atom. The van der Waals surface area contributed by atoms with Crippen LogP contribution in [0.5, 0.6) is 0 Å². The standard InChI is InChI=1S/C25H31N5OS/c1-3-20-8-10-22(11-9-20)24(31)26-12-13-29-14-16-30(17-15-29)25-27-23(28-32-25)18-21-6-4-19(2)5-7-21/h4-11H,3,12-18H2,1-2H3,(H,26,31). The lowest BCUT2D eigenvalue weighted by molar-refractivity contribution is 0.0948. The van der Waals surface area contributed by atoms with E-state index in [-0.39, 0.29) is 5.91 Å². The second kappa shape index (κ2) is 10.7. The van der Waals surface area contributed by atoms with E-state index in [1.807, 2.05) is 24.3 Å². The van der Waals surface area contributed by atoms with E-state index in [0.717, 1.165) is 62.1 Å². The lowest BCUT2D eigenvalue weighted by Gasteiger charge is -2.34. The first-order valence-corrected chi connectivity index (χ1v) is 12.1. The SMILES string of the molecule is CCc1ccc(C(=O)NCCN2CCN(c3nc(Cc4ccc(C)cc4)ns3)CC2)cc1. The molecule has 1 aromatic heterocycles. The van der Waals surface area contributed by atoms with Gasteiger partial charge in [-0.1, -0.05) is 48.9 Å². The molecule has 6 nitrogen and oxygen atoms in total. The van der Waals surface area contributed by atoms with Crippen LogP contribution in [-0.4, -0.2) is 59.4 Å². The summed E-state index contributed by atoms with van der Waals surface area (Å²) < 4.78 is 4.56. The number of piperazine rings is 1. The minimum Gasteiger partial charge on any atom is -0.351 e. The molecule has 7 heteroatoms. The summed E-state index contributed by atoms with van der Waals surface area (Å²) in [6, 6.07) is 16.4. The smallest absolute Gasteiger partial charge is 0.251 e. The number of aromatic nitrogens is 2. The Balaban J connectivity index is 1.19. The normalized spacial score (nSPS) is 14.5. The largest absolute Gasteiger partial charge is 0.351 e. The van der Waals surface area contributed by atoms with Crippen molar-refractivity contribution in [2.24, 2.45) is 0 Å². The maximum Gasteiger partial charge on any atom is 0.251 e. The van der Waals surface area contributed by atoms with Crippen LogP contribution in [0.4, 0.5) is 5.13 Å². The van der Waals surface area contributed by atoms with Crippen LogP contribution in [0.3, 0.4) is 0 Å². The van der Waals surface area contributed by atoms with Crippen LogP contribution in [0.25, 0.3) is 0 Å². The first kappa shape index (κ1) is 22.4. The second-order valence-electron chi connectivity index (χ2n) is 8.29. The Kier molecular flexibility index (Phi) is 7.50. The Labute approximate surface area is 194 Å². The van der Waals surface area contributed by atoms with Crippen molar-refractivity contribution in [1.29, 1.82) is 0 Å². The fraction of sp³-hybridized carbons (Fsp3) is 0.400. The number of benzene rings is 2. The number of carbonyl (C=O) groups excluding carboxylic acids is 1. The number of carbonyl (C=O) groups is 1. The van der Waals surface area contributed by atoms with Crippen molar-refractivity contribution in [3.63, 3.8) is 0 Å². The molecular weight excluding hydrogens is 418 g/mol. The van der Waals surface area contributed by atoms with Gasteiger partial charge < -0.3 is 10.2 Å². The van der Waals surface area contributed by atoms with Gasteiger partial charge in [0.15, 0.2) is 0 Å². The van der Waals surface area contributed by atoms with Crippen molar-refractivity contribution >= 4 is 22.6 Å². The third-order valence-electron chi connectivity index (χ3n) is 5.92. The van der Waals surface area contributed by atoms with Gasteiger partial charge in [0.2, 0.25) is 5.13 Å². The minimum absolute atomic E-state index is 0.00116. The van der Waals surface area contributed by atoms with Crippen LogP contribution in [-0.2, 0) is 12.8 Å². The number of rotatable bonds is 8. The predicted molar refractivity (Wildman–Crippen MR) is 131 cm³/mol. The van der Waals surface area contributed by atoms with Gasteiger partial charge in [0.25, 0.3) is 5.91 Å². The van der Waals surface area contributed by atoms with E-state index in [0.29, 0.717) is 6.54 Å². The highest BCUT2D eigenvalue weighted by atomic mass is 32.1. The molecule has 2 aromatic carbocycles. The van der Waals surface area contributed by atoms with Gasteiger partial charge >= 0.3 is 0 Å². The molecule has 4 rings (SSSR count). The number of aryl methyl sites for hydroxylation is 2. The Bertz CT molecular complexity index is 1010. The van der Waals surface area contributed by atoms with Crippen molar-refractivity contribution in [2.45, 2.75) is 26.7 Å². The molecule has 0 radical (unpaired) electrons. The van der Waals surface area contributed by atoms with Crippen molar-refractivity contribution in [3.8, 4) is 0 Å². The number of nitrogens with one attached hydrogen (secondary N) is 1. The summed E-state index contributed by atoms with van der Waals surface area (Å²) in [6.45, 7) is 9.54. The number of hydrogen-bond donors (Lipinski definition) is 1. The van der Waals surface area contributed by atoms with E-state index in [2.05, 4.69) is 57.6 Å². The molecule has 1 amide bonds. The molecule has 168 valence electrons. The van der Waals surface area contributed by atoms with E-state index in [1.54, 1.807) is 0 Å². The molecule has 0 atom stereocenters. The molecule has 1 saturated heterocycles. The lowest BCUT2D eigenvalue weighted by atomic mass is 10.1. The van der Waals surface area contributed by atoms with Crippen LogP contribution < -0.4 is 10.2 Å². The highest BCUT2D eigenvalue weighted by Crippen LogP contribution is 2.20. The number of anilines is 1. The topological polar surface area (TPSA) is 61.4 Å². The second-order valence-corrected chi connectivity index (χ2v) is 9.02. The van der Waals surface area contributed by atoms with Gasteiger partial charge in [0, 0.05) is 62.8 Å². The Morgan fingerprint density at radius 2 is 1.69 bits per heavy atom. The highest BCUT2D eigenvalue weighted by Gasteiger charge is 2.20. The zero-order valence-electron chi connectivity index (χ0n) is 18.9. The van der Waals surface area contributed by atoms with E-state index in [4.69, 9.17) is 4.98 Å². The first-order valence-electron chi connectivity index (χ1n) is 11.3. The van der Waals surface area contributed by atoms with Crippen LogP contribution in [0.2, 0.25) is 0 Å². The molecular formula is C25H31N5OS. The maximum atomic E-state index is 12.3. The lowest BCUT2D eigenvalue weighted by Crippen LogP contribution is -2.48. The van der Waals surface area contributed by atoms with Gasteiger partial charge in [0.1, 0.15) is 5.82 Å². The average Bonchev–Trinajstić information content (AvgIpc) is 3.29. The van der Waals surface area contributed by atoms with Gasteiger partial charge in [-0.3, -0.25) is 9.69 Å². The van der Waals surface area contributed by atoms with Crippen molar-refractivity contribution in [3.05, 3.63) is 76.6 Å². The molecule has 0 saturated carbocycles. The van der Waals surface area contributed by atoms with Crippen molar-refractivity contribution in [2.75, 3.05) is 44.2 Å². The van der Waals surface area contributed by atoms with E-state index in [9.17, 15) is 4.79 Å². The third-order valence-corrected chi connectivity index (χ3v) is 6.74. The summed E-state index contributed by atoms with van der Waals surface area (Å²) >= 11 is 1.49. The summed E-state index contributed by atoms with van der Waals surface area (Å²) in [5, 5.41) is 4.05. The molecule has 1 aliphatic rings. The zero-order valence-corrected chi connectivity index (χ0v) is 19.7. The minimum atomic E-state index is 0.00116. The summed E-state index contributed by atoms with van der Waals surface area (Å²) in [6.07, 6.45) is 1.76. The monoisotopic (exact) mass is 449 g/mol.